The second-order valence-electron chi connectivity index (χ2n) is 7.29. The molecule has 2 atom stereocenters. The molecule has 0 aromatic carbocycles. The molecule has 0 saturated heterocycles. The first kappa shape index (κ1) is 24.9. The van der Waals surface area contributed by atoms with E-state index in [0.29, 0.717) is 0 Å². The lowest BCUT2D eigenvalue weighted by Gasteiger charge is -2.14. The highest BCUT2D eigenvalue weighted by Crippen LogP contribution is 2.16. The number of aliphatic hydroxyl groups is 1. The Morgan fingerprint density at radius 2 is 1.23 bits per heavy atom. The third-order valence-electron chi connectivity index (χ3n) is 4.89. The average Bonchev–Trinajstić information content (AvgIpc) is 2.64. The number of carbonyl (C=O) groups excluding carboxylic acids is 1. The lowest BCUT2D eigenvalue weighted by Crippen LogP contribution is -2.21. The maximum absolute atomic E-state index is 11.8. The Morgan fingerprint density at radius 1 is 0.808 bits per heavy atom. The molecular formula is C23H42O3. The molecule has 0 rings (SSSR count). The standard InChI is InChI=1S/C23H42O3/c1-4-7-8-9-10-11-12-13-14-15-16-17-18-19-20-21(5-2)23(25)26-22(24)6-3/h5-6,21-22,24H,2-4,7-20H2,1H3. The number of unbranched alkanes of at least 4 members (excludes halogenated alkanes) is 13. The van der Waals surface area contributed by atoms with Crippen LogP contribution in [-0.2, 0) is 9.53 Å². The molecule has 0 aliphatic rings. The first-order valence-electron chi connectivity index (χ1n) is 10.8. The summed E-state index contributed by atoms with van der Waals surface area (Å²) in [6.07, 6.45) is 20.8. The van der Waals surface area contributed by atoms with E-state index in [2.05, 4.69) is 20.1 Å². The lowest BCUT2D eigenvalue weighted by atomic mass is 10.00. The minimum atomic E-state index is -1.22. The first-order chi connectivity index (χ1) is 12.7. The molecule has 0 saturated carbocycles. The summed E-state index contributed by atoms with van der Waals surface area (Å²) in [5, 5.41) is 9.27. The molecule has 0 amide bonds. The summed E-state index contributed by atoms with van der Waals surface area (Å²) in [6, 6.07) is 0. The Bertz CT molecular complexity index is 351. The van der Waals surface area contributed by atoms with Crippen LogP contribution >= 0.6 is 0 Å². The van der Waals surface area contributed by atoms with Gasteiger partial charge >= 0.3 is 5.97 Å². The molecule has 3 heteroatoms. The Labute approximate surface area is 161 Å². The van der Waals surface area contributed by atoms with Gasteiger partial charge in [0.1, 0.15) is 0 Å². The number of aliphatic hydroxyl groups excluding tert-OH is 1. The molecule has 1 N–H and O–H groups in total. The largest absolute Gasteiger partial charge is 0.432 e. The maximum atomic E-state index is 11.8. The van der Waals surface area contributed by atoms with Gasteiger partial charge in [-0.25, -0.2) is 0 Å². The zero-order valence-electron chi connectivity index (χ0n) is 17.1. The van der Waals surface area contributed by atoms with Gasteiger partial charge in [0.15, 0.2) is 0 Å². The van der Waals surface area contributed by atoms with E-state index in [1.54, 1.807) is 6.08 Å². The third kappa shape index (κ3) is 15.2. The zero-order chi connectivity index (χ0) is 19.5. The molecule has 152 valence electrons. The predicted octanol–water partition coefficient (Wildman–Crippen LogP) is 6.71. The maximum Gasteiger partial charge on any atom is 0.315 e. The summed E-state index contributed by atoms with van der Waals surface area (Å²) in [6.45, 7) is 9.34. The van der Waals surface area contributed by atoms with Crippen molar-refractivity contribution in [3.05, 3.63) is 25.3 Å². The second kappa shape index (κ2) is 18.7. The van der Waals surface area contributed by atoms with Gasteiger partial charge in [-0.1, -0.05) is 109 Å². The number of hydrogen-bond donors (Lipinski definition) is 1. The fourth-order valence-electron chi connectivity index (χ4n) is 3.15. The van der Waals surface area contributed by atoms with Crippen LogP contribution in [0.15, 0.2) is 25.3 Å². The first-order valence-corrected chi connectivity index (χ1v) is 10.8. The van der Waals surface area contributed by atoms with Crippen LogP contribution in [0.25, 0.3) is 0 Å². The Morgan fingerprint density at radius 3 is 1.62 bits per heavy atom. The molecule has 0 aliphatic carbocycles. The van der Waals surface area contributed by atoms with Crippen molar-refractivity contribution in [2.24, 2.45) is 5.92 Å². The van der Waals surface area contributed by atoms with Gasteiger partial charge in [0.2, 0.25) is 6.29 Å². The molecule has 0 aromatic rings. The van der Waals surface area contributed by atoms with E-state index in [4.69, 9.17) is 4.74 Å². The fraction of sp³-hybridized carbons (Fsp3) is 0.783. The van der Waals surface area contributed by atoms with E-state index < -0.39 is 12.3 Å². The number of rotatable bonds is 19. The molecule has 0 aliphatic heterocycles. The topological polar surface area (TPSA) is 46.5 Å². The van der Waals surface area contributed by atoms with Crippen LogP contribution in [0.5, 0.6) is 0 Å². The van der Waals surface area contributed by atoms with Crippen molar-refractivity contribution in [3.8, 4) is 0 Å². The number of ether oxygens (including phenoxy) is 1. The summed E-state index contributed by atoms with van der Waals surface area (Å²) >= 11 is 0. The number of hydrogen-bond acceptors (Lipinski definition) is 3. The predicted molar refractivity (Wildman–Crippen MR) is 111 cm³/mol. The van der Waals surface area contributed by atoms with Crippen molar-refractivity contribution >= 4 is 5.97 Å². The SMILES string of the molecule is C=CC(O)OC(=O)C(C=C)CCCCCCCCCCCCCCCC. The van der Waals surface area contributed by atoms with Gasteiger partial charge in [0, 0.05) is 0 Å². The summed E-state index contributed by atoms with van der Waals surface area (Å²) in [5.41, 5.74) is 0. The fourth-order valence-corrected chi connectivity index (χ4v) is 3.15. The Hall–Kier alpha value is -1.09. The summed E-state index contributed by atoms with van der Waals surface area (Å²) in [7, 11) is 0. The van der Waals surface area contributed by atoms with Gasteiger partial charge in [0.05, 0.1) is 5.92 Å². The van der Waals surface area contributed by atoms with E-state index >= 15 is 0 Å². The minimum Gasteiger partial charge on any atom is -0.432 e. The molecule has 0 fully saturated rings. The van der Waals surface area contributed by atoms with Crippen molar-refractivity contribution in [2.75, 3.05) is 0 Å². The highest BCUT2D eigenvalue weighted by atomic mass is 16.6. The second-order valence-corrected chi connectivity index (χ2v) is 7.29. The highest BCUT2D eigenvalue weighted by molar-refractivity contribution is 5.74. The van der Waals surface area contributed by atoms with Crippen LogP contribution in [0, 0.1) is 5.92 Å². The molecule has 26 heavy (non-hydrogen) atoms. The van der Waals surface area contributed by atoms with E-state index in [1.165, 1.54) is 83.1 Å². The van der Waals surface area contributed by atoms with Crippen LogP contribution in [0.2, 0.25) is 0 Å². The molecular weight excluding hydrogens is 324 g/mol. The van der Waals surface area contributed by atoms with Crippen LogP contribution in [-0.4, -0.2) is 17.4 Å². The summed E-state index contributed by atoms with van der Waals surface area (Å²) in [5.74, 6) is -0.746. The summed E-state index contributed by atoms with van der Waals surface area (Å²) < 4.78 is 4.85. The normalized spacial score (nSPS) is 13.2. The van der Waals surface area contributed by atoms with E-state index in [-0.39, 0.29) is 5.92 Å². The van der Waals surface area contributed by atoms with Crippen LogP contribution in [0.1, 0.15) is 103 Å². The molecule has 2 unspecified atom stereocenters. The zero-order valence-corrected chi connectivity index (χ0v) is 17.1. The van der Waals surface area contributed by atoms with Gasteiger partial charge in [-0.2, -0.15) is 0 Å². The summed E-state index contributed by atoms with van der Waals surface area (Å²) in [4.78, 5) is 11.8. The highest BCUT2D eigenvalue weighted by Gasteiger charge is 2.18. The van der Waals surface area contributed by atoms with Crippen molar-refractivity contribution < 1.29 is 14.6 Å². The van der Waals surface area contributed by atoms with E-state index in [1.807, 2.05) is 0 Å². The molecule has 0 heterocycles. The smallest absolute Gasteiger partial charge is 0.315 e. The molecule has 0 radical (unpaired) electrons. The van der Waals surface area contributed by atoms with E-state index in [0.717, 1.165) is 19.3 Å². The number of esters is 1. The molecule has 0 aromatic heterocycles. The van der Waals surface area contributed by atoms with Crippen LogP contribution in [0.3, 0.4) is 0 Å². The lowest BCUT2D eigenvalue weighted by molar-refractivity contribution is -0.164. The third-order valence-corrected chi connectivity index (χ3v) is 4.89. The van der Waals surface area contributed by atoms with Gasteiger partial charge in [0.25, 0.3) is 0 Å². The number of carbonyl (C=O) groups is 1. The van der Waals surface area contributed by atoms with Crippen molar-refractivity contribution in [3.63, 3.8) is 0 Å². The van der Waals surface area contributed by atoms with Crippen LogP contribution < -0.4 is 0 Å². The quantitative estimate of drug-likeness (QED) is 0.120. The van der Waals surface area contributed by atoms with Gasteiger partial charge in [-0.05, 0) is 12.5 Å². The Kier molecular flexibility index (Phi) is 17.9. The average molecular weight is 367 g/mol. The van der Waals surface area contributed by atoms with E-state index in [9.17, 15) is 9.90 Å². The molecule has 0 bridgehead atoms. The van der Waals surface area contributed by atoms with Crippen molar-refractivity contribution in [1.29, 1.82) is 0 Å². The minimum absolute atomic E-state index is 0.332. The van der Waals surface area contributed by atoms with Crippen molar-refractivity contribution in [2.45, 2.75) is 110 Å². The van der Waals surface area contributed by atoms with Gasteiger partial charge in [-0.15, -0.1) is 6.58 Å². The monoisotopic (exact) mass is 366 g/mol. The van der Waals surface area contributed by atoms with Crippen molar-refractivity contribution in [1.82, 2.24) is 0 Å². The van der Waals surface area contributed by atoms with Crippen LogP contribution in [0.4, 0.5) is 0 Å². The Balaban J connectivity index is 3.42. The molecule has 3 nitrogen and oxygen atoms in total. The van der Waals surface area contributed by atoms with Gasteiger partial charge < -0.3 is 9.84 Å². The molecule has 0 spiro atoms. The van der Waals surface area contributed by atoms with Gasteiger partial charge in [-0.3, -0.25) is 4.79 Å².